The molecule has 0 radical (unpaired) electrons. The second kappa shape index (κ2) is 8.51. The Labute approximate surface area is 182 Å². The van der Waals surface area contributed by atoms with Gasteiger partial charge in [-0.3, -0.25) is 9.48 Å². The van der Waals surface area contributed by atoms with Crippen LogP contribution in [0.15, 0.2) is 29.3 Å². The zero-order chi connectivity index (χ0) is 22.2. The van der Waals surface area contributed by atoms with E-state index in [2.05, 4.69) is 5.10 Å². The Balaban J connectivity index is 1.43. The number of ether oxygens (including phenoxy) is 2. The fourth-order valence-electron chi connectivity index (χ4n) is 4.07. The van der Waals surface area contributed by atoms with Crippen LogP contribution in [0.5, 0.6) is 11.5 Å². The lowest BCUT2D eigenvalue weighted by Gasteiger charge is -2.31. The molecule has 2 aliphatic heterocycles. The van der Waals surface area contributed by atoms with Gasteiger partial charge in [-0.1, -0.05) is 0 Å². The zero-order valence-corrected chi connectivity index (χ0v) is 18.9. The molecule has 1 amide bonds. The highest BCUT2D eigenvalue weighted by atomic mass is 32.2. The first-order chi connectivity index (χ1) is 14.8. The van der Waals surface area contributed by atoms with Gasteiger partial charge in [0.25, 0.3) is 5.91 Å². The SMILES string of the molecule is CN(C)C(=O)c1cn(C)nc1CC1CCN(S(=O)(=O)c2ccc3c(c2)OCCO3)CC1. The van der Waals surface area contributed by atoms with Crippen LogP contribution in [0.1, 0.15) is 28.9 Å². The summed E-state index contributed by atoms with van der Waals surface area (Å²) < 4.78 is 40.4. The standard InChI is InChI=1S/C21H28N4O5S/c1-23(2)21(26)17-14-24(3)22-18(17)12-15-6-8-25(9-7-15)31(27,28)16-4-5-19-20(13-16)30-11-10-29-19/h4-5,13-15H,6-12H2,1-3H3. The molecule has 31 heavy (non-hydrogen) atoms. The van der Waals surface area contributed by atoms with Gasteiger partial charge in [-0.15, -0.1) is 0 Å². The minimum atomic E-state index is -3.60. The predicted octanol–water partition coefficient (Wildman–Crippen LogP) is 1.54. The second-order valence-corrected chi connectivity index (χ2v) is 10.2. The van der Waals surface area contributed by atoms with Crippen molar-refractivity contribution in [2.24, 2.45) is 13.0 Å². The third-order valence-electron chi connectivity index (χ3n) is 5.75. The first-order valence-electron chi connectivity index (χ1n) is 10.4. The lowest BCUT2D eigenvalue weighted by Crippen LogP contribution is -2.39. The summed E-state index contributed by atoms with van der Waals surface area (Å²) in [5.74, 6) is 1.25. The topological polar surface area (TPSA) is 94.0 Å². The molecule has 0 N–H and O–H groups in total. The number of sulfonamides is 1. The van der Waals surface area contributed by atoms with Crippen molar-refractivity contribution in [3.8, 4) is 11.5 Å². The van der Waals surface area contributed by atoms with Gasteiger partial charge in [-0.25, -0.2) is 8.42 Å². The molecule has 0 saturated carbocycles. The highest BCUT2D eigenvalue weighted by Crippen LogP contribution is 2.34. The summed E-state index contributed by atoms with van der Waals surface area (Å²) in [5.41, 5.74) is 1.38. The summed E-state index contributed by atoms with van der Waals surface area (Å²) in [7, 11) is 1.65. The molecule has 1 aromatic carbocycles. The van der Waals surface area contributed by atoms with Crippen molar-refractivity contribution < 1.29 is 22.7 Å². The Bertz CT molecular complexity index is 1070. The van der Waals surface area contributed by atoms with Gasteiger partial charge >= 0.3 is 0 Å². The Morgan fingerprint density at radius 2 is 1.84 bits per heavy atom. The number of piperidine rings is 1. The smallest absolute Gasteiger partial charge is 0.256 e. The van der Waals surface area contributed by atoms with E-state index in [1.165, 1.54) is 4.31 Å². The molecule has 4 rings (SSSR count). The number of carbonyl (C=O) groups excluding carboxylic acids is 1. The molecule has 1 aromatic heterocycles. The third kappa shape index (κ3) is 4.40. The monoisotopic (exact) mass is 448 g/mol. The van der Waals surface area contributed by atoms with Gasteiger partial charge in [0.2, 0.25) is 10.0 Å². The summed E-state index contributed by atoms with van der Waals surface area (Å²) in [6, 6.07) is 4.77. The maximum atomic E-state index is 13.1. The van der Waals surface area contributed by atoms with Gasteiger partial charge in [-0.05, 0) is 37.3 Å². The van der Waals surface area contributed by atoms with Crippen molar-refractivity contribution >= 4 is 15.9 Å². The predicted molar refractivity (Wildman–Crippen MR) is 114 cm³/mol. The summed E-state index contributed by atoms with van der Waals surface area (Å²) in [6.45, 7) is 1.74. The molecule has 0 bridgehead atoms. The van der Waals surface area contributed by atoms with E-state index in [0.717, 1.165) is 18.5 Å². The fraction of sp³-hybridized carbons (Fsp3) is 0.524. The Morgan fingerprint density at radius 1 is 1.16 bits per heavy atom. The largest absolute Gasteiger partial charge is 0.486 e. The molecule has 1 saturated heterocycles. The number of carbonyl (C=O) groups is 1. The lowest BCUT2D eigenvalue weighted by molar-refractivity contribution is 0.0826. The lowest BCUT2D eigenvalue weighted by atomic mass is 9.92. The van der Waals surface area contributed by atoms with Crippen molar-refractivity contribution in [1.82, 2.24) is 19.0 Å². The van der Waals surface area contributed by atoms with E-state index >= 15 is 0 Å². The molecule has 2 aliphatic rings. The van der Waals surface area contributed by atoms with Gasteiger partial charge in [-0.2, -0.15) is 9.40 Å². The van der Waals surface area contributed by atoms with Crippen molar-refractivity contribution in [3.05, 3.63) is 35.7 Å². The van der Waals surface area contributed by atoms with E-state index in [1.54, 1.807) is 55.1 Å². The second-order valence-electron chi connectivity index (χ2n) is 8.22. The highest BCUT2D eigenvalue weighted by molar-refractivity contribution is 7.89. The number of nitrogens with zero attached hydrogens (tertiary/aromatic N) is 4. The summed E-state index contributed by atoms with van der Waals surface area (Å²) in [4.78, 5) is 14.2. The minimum absolute atomic E-state index is 0.0679. The van der Waals surface area contributed by atoms with Crippen molar-refractivity contribution in [2.75, 3.05) is 40.4 Å². The fourth-order valence-corrected chi connectivity index (χ4v) is 5.55. The van der Waals surface area contributed by atoms with Crippen LogP contribution in [-0.4, -0.2) is 73.7 Å². The van der Waals surface area contributed by atoms with Crippen molar-refractivity contribution in [2.45, 2.75) is 24.2 Å². The van der Waals surface area contributed by atoms with Gasteiger partial charge < -0.3 is 14.4 Å². The molecular weight excluding hydrogens is 420 g/mol. The van der Waals surface area contributed by atoms with Crippen LogP contribution in [0.3, 0.4) is 0 Å². The zero-order valence-electron chi connectivity index (χ0n) is 18.1. The number of amides is 1. The van der Waals surface area contributed by atoms with E-state index in [9.17, 15) is 13.2 Å². The number of hydrogen-bond acceptors (Lipinski definition) is 6. The van der Waals surface area contributed by atoms with Crippen LogP contribution in [0, 0.1) is 5.92 Å². The van der Waals surface area contributed by atoms with Crippen LogP contribution in [-0.2, 0) is 23.5 Å². The average molecular weight is 449 g/mol. The number of hydrogen-bond donors (Lipinski definition) is 0. The maximum Gasteiger partial charge on any atom is 0.256 e. The number of benzene rings is 1. The molecule has 1 fully saturated rings. The van der Waals surface area contributed by atoms with E-state index < -0.39 is 10.0 Å². The van der Waals surface area contributed by atoms with Gasteiger partial charge in [0.05, 0.1) is 16.2 Å². The van der Waals surface area contributed by atoms with E-state index in [4.69, 9.17) is 9.47 Å². The molecule has 10 heteroatoms. The Hall–Kier alpha value is -2.59. The van der Waals surface area contributed by atoms with Crippen LogP contribution in [0.2, 0.25) is 0 Å². The van der Waals surface area contributed by atoms with E-state index in [-0.39, 0.29) is 16.7 Å². The number of aromatic nitrogens is 2. The first-order valence-corrected chi connectivity index (χ1v) is 11.8. The Kier molecular flexibility index (Phi) is 5.94. The summed E-state index contributed by atoms with van der Waals surface area (Å²) in [6.07, 6.45) is 3.85. The number of fused-ring (bicyclic) bond motifs is 1. The normalized spacial score (nSPS) is 17.5. The summed E-state index contributed by atoms with van der Waals surface area (Å²) in [5, 5.41) is 4.48. The van der Waals surface area contributed by atoms with Gasteiger partial charge in [0.1, 0.15) is 13.2 Å². The van der Waals surface area contributed by atoms with Crippen LogP contribution >= 0.6 is 0 Å². The van der Waals surface area contributed by atoms with Crippen LogP contribution in [0.4, 0.5) is 0 Å². The summed E-state index contributed by atoms with van der Waals surface area (Å²) >= 11 is 0. The maximum absolute atomic E-state index is 13.1. The third-order valence-corrected chi connectivity index (χ3v) is 7.64. The quantitative estimate of drug-likeness (QED) is 0.689. The molecule has 0 unspecified atom stereocenters. The van der Waals surface area contributed by atoms with Crippen molar-refractivity contribution in [1.29, 1.82) is 0 Å². The van der Waals surface area contributed by atoms with Crippen LogP contribution < -0.4 is 9.47 Å². The van der Waals surface area contributed by atoms with E-state index in [0.29, 0.717) is 49.8 Å². The first kappa shape index (κ1) is 21.6. The molecule has 2 aromatic rings. The van der Waals surface area contributed by atoms with Gasteiger partial charge in [0.15, 0.2) is 11.5 Å². The highest BCUT2D eigenvalue weighted by Gasteiger charge is 2.31. The molecule has 0 spiro atoms. The Morgan fingerprint density at radius 3 is 2.52 bits per heavy atom. The minimum Gasteiger partial charge on any atom is -0.486 e. The molecule has 0 aliphatic carbocycles. The molecule has 9 nitrogen and oxygen atoms in total. The number of rotatable bonds is 5. The molecule has 0 atom stereocenters. The number of aryl methyl sites for hydroxylation is 1. The van der Waals surface area contributed by atoms with E-state index in [1.807, 2.05) is 0 Å². The molecule has 3 heterocycles. The molecule has 168 valence electrons. The van der Waals surface area contributed by atoms with Gasteiger partial charge in [0, 0.05) is 46.5 Å². The average Bonchev–Trinajstić information content (AvgIpc) is 3.12. The molecular formula is C21H28N4O5S. The van der Waals surface area contributed by atoms with Crippen LogP contribution in [0.25, 0.3) is 0 Å². The van der Waals surface area contributed by atoms with Crippen molar-refractivity contribution in [3.63, 3.8) is 0 Å².